The van der Waals surface area contributed by atoms with Gasteiger partial charge in [0.1, 0.15) is 24.2 Å². The van der Waals surface area contributed by atoms with E-state index >= 15 is 0 Å². The molecule has 0 aliphatic carbocycles. The Bertz CT molecular complexity index is 748. The SMILES string of the molecule is CC1[C@H](N(C)c2ncnc3[nH]ccc23)CCCN1C(=O)CC#N. The van der Waals surface area contributed by atoms with Gasteiger partial charge in [-0.3, -0.25) is 4.79 Å². The molecule has 3 rings (SSSR count). The molecule has 3 heterocycles. The minimum absolute atomic E-state index is 0.0403. The number of anilines is 1. The molecule has 0 saturated carbocycles. The van der Waals surface area contributed by atoms with Crippen molar-refractivity contribution in [2.24, 2.45) is 0 Å². The van der Waals surface area contributed by atoms with Gasteiger partial charge < -0.3 is 14.8 Å². The van der Waals surface area contributed by atoms with Gasteiger partial charge in [0.15, 0.2) is 0 Å². The first kappa shape index (κ1) is 15.3. The van der Waals surface area contributed by atoms with E-state index in [9.17, 15) is 4.79 Å². The van der Waals surface area contributed by atoms with E-state index in [4.69, 9.17) is 5.26 Å². The number of H-pyrrole nitrogens is 1. The van der Waals surface area contributed by atoms with E-state index in [1.807, 2.05) is 37.2 Å². The molecule has 2 aromatic heterocycles. The maximum atomic E-state index is 12.1. The summed E-state index contributed by atoms with van der Waals surface area (Å²) >= 11 is 0. The molecule has 1 aliphatic heterocycles. The minimum Gasteiger partial charge on any atom is -0.354 e. The number of hydrogen-bond acceptors (Lipinski definition) is 5. The maximum Gasteiger partial charge on any atom is 0.237 e. The second-order valence-electron chi connectivity index (χ2n) is 5.92. The first-order chi connectivity index (χ1) is 11.1. The van der Waals surface area contributed by atoms with E-state index in [-0.39, 0.29) is 24.4 Å². The zero-order valence-corrected chi connectivity index (χ0v) is 13.4. The molecule has 1 saturated heterocycles. The van der Waals surface area contributed by atoms with Gasteiger partial charge in [0.25, 0.3) is 0 Å². The molecule has 0 spiro atoms. The van der Waals surface area contributed by atoms with Crippen LogP contribution >= 0.6 is 0 Å². The normalized spacial score (nSPS) is 21.2. The van der Waals surface area contributed by atoms with Crippen molar-refractivity contribution in [2.75, 3.05) is 18.5 Å². The average Bonchev–Trinajstić information content (AvgIpc) is 3.03. The summed E-state index contributed by atoms with van der Waals surface area (Å²) in [6, 6.07) is 4.12. The molecule has 1 fully saturated rings. The molecule has 0 aromatic carbocycles. The summed E-state index contributed by atoms with van der Waals surface area (Å²) in [7, 11) is 2.01. The fourth-order valence-corrected chi connectivity index (χ4v) is 3.46. The van der Waals surface area contributed by atoms with E-state index in [0.717, 1.165) is 36.2 Å². The number of carbonyl (C=O) groups excluding carboxylic acids is 1. The molecule has 7 heteroatoms. The second-order valence-corrected chi connectivity index (χ2v) is 5.92. The highest BCUT2D eigenvalue weighted by atomic mass is 16.2. The van der Waals surface area contributed by atoms with Crippen LogP contribution in [0.25, 0.3) is 11.0 Å². The van der Waals surface area contributed by atoms with Crippen molar-refractivity contribution in [3.8, 4) is 6.07 Å². The average molecular weight is 312 g/mol. The van der Waals surface area contributed by atoms with Crippen LogP contribution in [-0.2, 0) is 4.79 Å². The summed E-state index contributed by atoms with van der Waals surface area (Å²) in [4.78, 5) is 27.8. The lowest BCUT2D eigenvalue weighted by Gasteiger charge is -2.43. The highest BCUT2D eigenvalue weighted by Gasteiger charge is 2.34. The number of aromatic amines is 1. The molecule has 1 unspecified atom stereocenters. The van der Waals surface area contributed by atoms with Crippen molar-refractivity contribution in [3.05, 3.63) is 18.6 Å². The summed E-state index contributed by atoms with van der Waals surface area (Å²) < 4.78 is 0. The van der Waals surface area contributed by atoms with Crippen LogP contribution in [-0.4, -0.2) is 51.4 Å². The number of nitrogens with one attached hydrogen (secondary N) is 1. The minimum atomic E-state index is -0.0902. The highest BCUT2D eigenvalue weighted by Crippen LogP contribution is 2.28. The summed E-state index contributed by atoms with van der Waals surface area (Å²) in [5, 5.41) is 9.75. The number of hydrogen-bond donors (Lipinski definition) is 1. The number of nitrogens with zero attached hydrogens (tertiary/aromatic N) is 5. The molecule has 23 heavy (non-hydrogen) atoms. The molecule has 0 radical (unpaired) electrons. The first-order valence-electron chi connectivity index (χ1n) is 7.81. The Morgan fingerprint density at radius 3 is 3.17 bits per heavy atom. The number of likely N-dealkylation sites (tertiary alicyclic amines) is 1. The highest BCUT2D eigenvalue weighted by molar-refractivity contribution is 5.87. The molecular formula is C16H20N6O. The van der Waals surface area contributed by atoms with Crippen molar-refractivity contribution >= 4 is 22.8 Å². The van der Waals surface area contributed by atoms with E-state index in [2.05, 4.69) is 19.9 Å². The Kier molecular flexibility index (Phi) is 4.15. The number of nitriles is 1. The lowest BCUT2D eigenvalue weighted by Crippen LogP contribution is -2.55. The Labute approximate surface area is 134 Å². The second kappa shape index (κ2) is 6.24. The van der Waals surface area contributed by atoms with Crippen LogP contribution in [0.4, 0.5) is 5.82 Å². The van der Waals surface area contributed by atoms with Gasteiger partial charge in [-0.1, -0.05) is 0 Å². The summed E-state index contributed by atoms with van der Waals surface area (Å²) in [5.41, 5.74) is 0.808. The number of aromatic nitrogens is 3. The van der Waals surface area contributed by atoms with E-state index in [0.29, 0.717) is 0 Å². The van der Waals surface area contributed by atoms with Gasteiger partial charge in [0.2, 0.25) is 5.91 Å². The third kappa shape index (κ3) is 2.72. The van der Waals surface area contributed by atoms with Crippen LogP contribution in [0.1, 0.15) is 26.2 Å². The van der Waals surface area contributed by atoms with Gasteiger partial charge in [0.05, 0.1) is 17.5 Å². The maximum absolute atomic E-state index is 12.1. The molecule has 2 atom stereocenters. The van der Waals surface area contributed by atoms with Gasteiger partial charge in [-0.15, -0.1) is 0 Å². The van der Waals surface area contributed by atoms with E-state index < -0.39 is 0 Å². The smallest absolute Gasteiger partial charge is 0.237 e. The molecule has 2 aromatic rings. The van der Waals surface area contributed by atoms with Gasteiger partial charge in [-0.05, 0) is 25.8 Å². The quantitative estimate of drug-likeness (QED) is 0.931. The molecule has 7 nitrogen and oxygen atoms in total. The molecule has 1 N–H and O–H groups in total. The fourth-order valence-electron chi connectivity index (χ4n) is 3.46. The first-order valence-corrected chi connectivity index (χ1v) is 7.81. The van der Waals surface area contributed by atoms with Crippen LogP contribution in [0, 0.1) is 11.3 Å². The number of fused-ring (bicyclic) bond motifs is 1. The number of piperidine rings is 1. The Morgan fingerprint density at radius 1 is 1.57 bits per heavy atom. The zero-order valence-electron chi connectivity index (χ0n) is 13.4. The largest absolute Gasteiger partial charge is 0.354 e. The lowest BCUT2D eigenvalue weighted by molar-refractivity contribution is -0.133. The fraction of sp³-hybridized carbons (Fsp3) is 0.500. The monoisotopic (exact) mass is 312 g/mol. The van der Waals surface area contributed by atoms with Crippen LogP contribution < -0.4 is 4.90 Å². The summed E-state index contributed by atoms with van der Waals surface area (Å²) in [5.74, 6) is 0.773. The standard InChI is InChI=1S/C16H20N6O/c1-11-13(4-3-9-22(11)14(23)5-7-17)21(2)16-12-6-8-18-15(12)19-10-20-16/h6,8,10-11,13H,3-5,9H2,1-2H3,(H,18,19,20)/t11?,13-/m1/s1. The predicted octanol–water partition coefficient (Wildman–Crippen LogP) is 1.69. The molecule has 1 aliphatic rings. The van der Waals surface area contributed by atoms with Gasteiger partial charge in [-0.25, -0.2) is 9.97 Å². The number of likely N-dealkylation sites (N-methyl/N-ethyl adjacent to an activating group) is 1. The summed E-state index contributed by atoms with van der Waals surface area (Å²) in [6.07, 6.45) is 5.26. The number of rotatable bonds is 3. The van der Waals surface area contributed by atoms with Crippen LogP contribution in [0.3, 0.4) is 0 Å². The van der Waals surface area contributed by atoms with Crippen LogP contribution in [0.2, 0.25) is 0 Å². The van der Waals surface area contributed by atoms with Crippen LogP contribution in [0.5, 0.6) is 0 Å². The van der Waals surface area contributed by atoms with E-state index in [1.54, 1.807) is 6.33 Å². The van der Waals surface area contributed by atoms with Crippen molar-refractivity contribution in [3.63, 3.8) is 0 Å². The van der Waals surface area contributed by atoms with Crippen molar-refractivity contribution in [1.82, 2.24) is 19.9 Å². The Morgan fingerprint density at radius 2 is 2.39 bits per heavy atom. The molecule has 1 amide bonds. The van der Waals surface area contributed by atoms with Gasteiger partial charge in [-0.2, -0.15) is 5.26 Å². The van der Waals surface area contributed by atoms with Crippen molar-refractivity contribution in [2.45, 2.75) is 38.3 Å². The molecule has 120 valence electrons. The third-order valence-corrected chi connectivity index (χ3v) is 4.66. The molecule has 0 bridgehead atoms. The van der Waals surface area contributed by atoms with Crippen molar-refractivity contribution < 1.29 is 4.79 Å². The summed E-state index contributed by atoms with van der Waals surface area (Å²) in [6.45, 7) is 2.76. The lowest BCUT2D eigenvalue weighted by atomic mass is 9.95. The third-order valence-electron chi connectivity index (χ3n) is 4.66. The Hall–Kier alpha value is -2.62. The van der Waals surface area contributed by atoms with Crippen LogP contribution in [0.15, 0.2) is 18.6 Å². The van der Waals surface area contributed by atoms with E-state index in [1.165, 1.54) is 0 Å². The van der Waals surface area contributed by atoms with Gasteiger partial charge >= 0.3 is 0 Å². The van der Waals surface area contributed by atoms with Crippen molar-refractivity contribution in [1.29, 1.82) is 5.26 Å². The number of amides is 1. The zero-order chi connectivity index (χ0) is 16.4. The topological polar surface area (TPSA) is 88.9 Å². The molecular weight excluding hydrogens is 292 g/mol. The number of carbonyl (C=O) groups is 1. The Balaban J connectivity index is 1.87. The van der Waals surface area contributed by atoms with Gasteiger partial charge in [0, 0.05) is 25.8 Å². The predicted molar refractivity (Wildman–Crippen MR) is 86.7 cm³/mol.